The number of aromatic hydroxyl groups is 1. The van der Waals surface area contributed by atoms with Crippen LogP contribution in [-0.2, 0) is 0 Å². The Morgan fingerprint density at radius 2 is 1.80 bits per heavy atom. The van der Waals surface area contributed by atoms with Crippen molar-refractivity contribution in [2.75, 3.05) is 7.11 Å². The highest BCUT2D eigenvalue weighted by atomic mass is 16.5. The second-order valence-electron chi connectivity index (χ2n) is 4.03. The number of rotatable bonds is 3. The second-order valence-corrected chi connectivity index (χ2v) is 4.03. The summed E-state index contributed by atoms with van der Waals surface area (Å²) in [6, 6.07) is 12.4. The zero-order valence-electron chi connectivity index (χ0n) is 10.8. The number of imide groups is 1. The molecule has 2 N–H and O–H groups in total. The molecule has 0 radical (unpaired) electrons. The average molecular weight is 271 g/mol. The number of carbonyl (C=O) groups excluding carboxylic acids is 2. The molecule has 0 bridgehead atoms. The maximum atomic E-state index is 11.9. The van der Waals surface area contributed by atoms with E-state index < -0.39 is 11.8 Å². The third-order valence-corrected chi connectivity index (χ3v) is 2.71. The van der Waals surface area contributed by atoms with E-state index in [2.05, 4.69) is 5.32 Å². The van der Waals surface area contributed by atoms with E-state index >= 15 is 0 Å². The number of hydrogen-bond donors (Lipinski definition) is 2. The number of amides is 2. The molecular weight excluding hydrogens is 258 g/mol. The number of para-hydroxylation sites is 1. The smallest absolute Gasteiger partial charge is 0.261 e. The quantitative estimate of drug-likeness (QED) is 0.837. The van der Waals surface area contributed by atoms with Crippen molar-refractivity contribution in [3.05, 3.63) is 59.7 Å². The van der Waals surface area contributed by atoms with Crippen molar-refractivity contribution in [3.8, 4) is 11.5 Å². The van der Waals surface area contributed by atoms with E-state index in [0.717, 1.165) is 0 Å². The van der Waals surface area contributed by atoms with Gasteiger partial charge in [0, 0.05) is 5.56 Å². The fourth-order valence-corrected chi connectivity index (χ4v) is 1.67. The number of phenols is 1. The van der Waals surface area contributed by atoms with Crippen molar-refractivity contribution in [2.24, 2.45) is 0 Å². The molecule has 5 heteroatoms. The van der Waals surface area contributed by atoms with Crippen molar-refractivity contribution in [1.82, 2.24) is 5.32 Å². The molecule has 102 valence electrons. The maximum Gasteiger partial charge on any atom is 0.261 e. The van der Waals surface area contributed by atoms with Crippen LogP contribution in [-0.4, -0.2) is 24.0 Å². The molecule has 0 spiro atoms. The van der Waals surface area contributed by atoms with Crippen LogP contribution in [0.4, 0.5) is 0 Å². The van der Waals surface area contributed by atoms with E-state index in [1.807, 2.05) is 0 Å². The van der Waals surface area contributed by atoms with Crippen molar-refractivity contribution < 1.29 is 19.4 Å². The van der Waals surface area contributed by atoms with Gasteiger partial charge in [-0.25, -0.2) is 0 Å². The van der Waals surface area contributed by atoms with Crippen LogP contribution in [0.15, 0.2) is 48.5 Å². The number of hydrogen-bond acceptors (Lipinski definition) is 4. The number of benzene rings is 2. The van der Waals surface area contributed by atoms with Gasteiger partial charge in [-0.05, 0) is 30.3 Å². The van der Waals surface area contributed by atoms with Crippen LogP contribution >= 0.6 is 0 Å². The van der Waals surface area contributed by atoms with E-state index in [9.17, 15) is 14.7 Å². The van der Waals surface area contributed by atoms with Crippen LogP contribution in [0, 0.1) is 0 Å². The first-order valence-electron chi connectivity index (χ1n) is 5.89. The van der Waals surface area contributed by atoms with Crippen LogP contribution in [0.2, 0.25) is 0 Å². The van der Waals surface area contributed by atoms with Gasteiger partial charge in [0.1, 0.15) is 11.5 Å². The lowest BCUT2D eigenvalue weighted by Crippen LogP contribution is -2.30. The van der Waals surface area contributed by atoms with Gasteiger partial charge in [-0.2, -0.15) is 0 Å². The summed E-state index contributed by atoms with van der Waals surface area (Å²) in [5.74, 6) is -0.871. The molecule has 2 rings (SSSR count). The summed E-state index contributed by atoms with van der Waals surface area (Å²) in [7, 11) is 1.49. The first-order chi connectivity index (χ1) is 9.61. The molecule has 5 nitrogen and oxygen atoms in total. The van der Waals surface area contributed by atoms with Crippen LogP contribution in [0.1, 0.15) is 20.7 Å². The predicted octanol–water partition coefficient (Wildman–Crippen LogP) is 1.97. The monoisotopic (exact) mass is 271 g/mol. The Bertz CT molecular complexity index is 652. The molecule has 0 atom stereocenters. The normalized spacial score (nSPS) is 9.85. The van der Waals surface area contributed by atoms with E-state index in [1.165, 1.54) is 25.3 Å². The van der Waals surface area contributed by atoms with Gasteiger partial charge in [0.25, 0.3) is 11.8 Å². The molecular formula is C15H13NO4. The maximum absolute atomic E-state index is 11.9. The second kappa shape index (κ2) is 5.88. The Labute approximate surface area is 115 Å². The van der Waals surface area contributed by atoms with Crippen molar-refractivity contribution >= 4 is 11.8 Å². The Balaban J connectivity index is 2.15. The van der Waals surface area contributed by atoms with Crippen LogP contribution in [0.5, 0.6) is 11.5 Å². The van der Waals surface area contributed by atoms with Crippen molar-refractivity contribution in [2.45, 2.75) is 0 Å². The minimum absolute atomic E-state index is 0.0451. The first kappa shape index (κ1) is 13.6. The third kappa shape index (κ3) is 2.95. The van der Waals surface area contributed by atoms with E-state index in [4.69, 9.17) is 4.74 Å². The topological polar surface area (TPSA) is 75.6 Å². The fourth-order valence-electron chi connectivity index (χ4n) is 1.67. The number of carbonyl (C=O) groups is 2. The third-order valence-electron chi connectivity index (χ3n) is 2.71. The van der Waals surface area contributed by atoms with Gasteiger partial charge in [0.2, 0.25) is 0 Å². The molecule has 0 unspecified atom stereocenters. The Hall–Kier alpha value is -2.82. The molecule has 0 aliphatic heterocycles. The summed E-state index contributed by atoms with van der Waals surface area (Å²) in [6.45, 7) is 0. The molecule has 2 aromatic carbocycles. The summed E-state index contributed by atoms with van der Waals surface area (Å²) in [5, 5.41) is 11.8. The lowest BCUT2D eigenvalue weighted by atomic mass is 10.1. The van der Waals surface area contributed by atoms with Gasteiger partial charge in [0.05, 0.1) is 12.7 Å². The van der Waals surface area contributed by atoms with Crippen LogP contribution in [0.3, 0.4) is 0 Å². The summed E-state index contributed by atoms with van der Waals surface area (Å²) >= 11 is 0. The van der Waals surface area contributed by atoms with Gasteiger partial charge in [0.15, 0.2) is 0 Å². The van der Waals surface area contributed by atoms with E-state index in [1.54, 1.807) is 30.3 Å². The highest BCUT2D eigenvalue weighted by molar-refractivity contribution is 6.11. The Morgan fingerprint density at radius 1 is 1.05 bits per heavy atom. The van der Waals surface area contributed by atoms with E-state index in [-0.39, 0.29) is 11.3 Å². The SMILES string of the molecule is COc1cccc(C(=O)NC(=O)c2ccccc2O)c1. The number of nitrogens with one attached hydrogen (secondary N) is 1. The molecule has 0 saturated heterocycles. The molecule has 2 aromatic rings. The summed E-state index contributed by atoms with van der Waals surface area (Å²) in [5.41, 5.74) is 0.344. The number of ether oxygens (including phenoxy) is 1. The first-order valence-corrected chi connectivity index (χ1v) is 5.89. The highest BCUT2D eigenvalue weighted by Crippen LogP contribution is 2.16. The van der Waals surface area contributed by atoms with Gasteiger partial charge in [-0.1, -0.05) is 18.2 Å². The van der Waals surface area contributed by atoms with Gasteiger partial charge < -0.3 is 9.84 Å². The molecule has 20 heavy (non-hydrogen) atoms. The van der Waals surface area contributed by atoms with Crippen LogP contribution < -0.4 is 10.1 Å². The average Bonchev–Trinajstić information content (AvgIpc) is 2.47. The number of methoxy groups -OCH3 is 1. The largest absolute Gasteiger partial charge is 0.507 e. The van der Waals surface area contributed by atoms with E-state index in [0.29, 0.717) is 11.3 Å². The summed E-state index contributed by atoms with van der Waals surface area (Å²) in [6.07, 6.45) is 0. The molecule has 0 saturated carbocycles. The molecule has 2 amide bonds. The van der Waals surface area contributed by atoms with Gasteiger partial charge >= 0.3 is 0 Å². The molecule has 0 aromatic heterocycles. The fraction of sp³-hybridized carbons (Fsp3) is 0.0667. The summed E-state index contributed by atoms with van der Waals surface area (Å²) in [4.78, 5) is 23.8. The highest BCUT2D eigenvalue weighted by Gasteiger charge is 2.15. The summed E-state index contributed by atoms with van der Waals surface area (Å²) < 4.78 is 5.01. The zero-order chi connectivity index (χ0) is 14.5. The molecule has 0 fully saturated rings. The molecule has 0 aliphatic rings. The minimum Gasteiger partial charge on any atom is -0.507 e. The lowest BCUT2D eigenvalue weighted by Gasteiger charge is -2.06. The Morgan fingerprint density at radius 3 is 2.50 bits per heavy atom. The predicted molar refractivity (Wildman–Crippen MR) is 72.9 cm³/mol. The van der Waals surface area contributed by atoms with Crippen molar-refractivity contribution in [1.29, 1.82) is 0 Å². The lowest BCUT2D eigenvalue weighted by molar-refractivity contribution is 0.0848. The van der Waals surface area contributed by atoms with Crippen LogP contribution in [0.25, 0.3) is 0 Å². The molecule has 0 aliphatic carbocycles. The Kier molecular flexibility index (Phi) is 4.00. The standard InChI is InChI=1S/C15H13NO4/c1-20-11-6-4-5-10(9-11)14(18)16-15(19)12-7-2-3-8-13(12)17/h2-9,17H,1H3,(H,16,18,19). The van der Waals surface area contributed by atoms with Crippen molar-refractivity contribution in [3.63, 3.8) is 0 Å². The molecule has 0 heterocycles. The zero-order valence-corrected chi connectivity index (χ0v) is 10.8. The van der Waals surface area contributed by atoms with Gasteiger partial charge in [-0.3, -0.25) is 14.9 Å². The number of phenolic OH excluding ortho intramolecular Hbond substituents is 1. The minimum atomic E-state index is -0.657. The van der Waals surface area contributed by atoms with Gasteiger partial charge in [-0.15, -0.1) is 0 Å².